The van der Waals surface area contributed by atoms with E-state index in [-0.39, 0.29) is 12.3 Å². The number of nitrogens with zero attached hydrogens (tertiary/aromatic N) is 2. The van der Waals surface area contributed by atoms with E-state index < -0.39 is 0 Å². The van der Waals surface area contributed by atoms with Crippen molar-refractivity contribution in [1.82, 2.24) is 4.90 Å². The minimum atomic E-state index is -0.0308. The summed E-state index contributed by atoms with van der Waals surface area (Å²) in [7, 11) is 3.37. The second-order valence-corrected chi connectivity index (χ2v) is 3.46. The lowest BCUT2D eigenvalue weighted by Gasteiger charge is -2.11. The van der Waals surface area contributed by atoms with Gasteiger partial charge in [0.05, 0.1) is 17.7 Å². The van der Waals surface area contributed by atoms with Gasteiger partial charge in [-0.1, -0.05) is 12.1 Å². The van der Waals surface area contributed by atoms with Crippen LogP contribution < -0.4 is 5.73 Å². The minimum Gasteiger partial charge on any atom is -0.397 e. The standard InChI is InChI=1S/C11H13N3O/c1-14(2)10(15)6-8-4-3-5-9(7-12)11(8)13/h3-5H,6,13H2,1-2H3. The number of hydrogen-bond donors (Lipinski definition) is 1. The zero-order chi connectivity index (χ0) is 11.4. The number of carbonyl (C=O) groups excluding carboxylic acids is 1. The van der Waals surface area contributed by atoms with Crippen molar-refractivity contribution in [1.29, 1.82) is 5.26 Å². The summed E-state index contributed by atoms with van der Waals surface area (Å²) in [6.45, 7) is 0. The maximum Gasteiger partial charge on any atom is 0.226 e. The summed E-state index contributed by atoms with van der Waals surface area (Å²) in [5.74, 6) is -0.0308. The van der Waals surface area contributed by atoms with Gasteiger partial charge < -0.3 is 10.6 Å². The predicted molar refractivity (Wildman–Crippen MR) is 58.0 cm³/mol. The van der Waals surface area contributed by atoms with Crippen molar-refractivity contribution in [2.75, 3.05) is 19.8 Å². The molecule has 0 fully saturated rings. The molecule has 0 aliphatic rings. The van der Waals surface area contributed by atoms with E-state index in [4.69, 9.17) is 11.0 Å². The second kappa shape index (κ2) is 4.47. The van der Waals surface area contributed by atoms with Gasteiger partial charge in [-0.3, -0.25) is 4.79 Å². The van der Waals surface area contributed by atoms with Gasteiger partial charge >= 0.3 is 0 Å². The molecule has 1 aromatic rings. The number of likely N-dealkylation sites (N-methyl/N-ethyl adjacent to an activating group) is 1. The third-order valence-corrected chi connectivity index (χ3v) is 2.16. The molecule has 0 spiro atoms. The third-order valence-electron chi connectivity index (χ3n) is 2.16. The molecule has 0 bridgehead atoms. The molecule has 0 saturated heterocycles. The van der Waals surface area contributed by atoms with Crippen LogP contribution in [0.25, 0.3) is 0 Å². The Bertz CT molecular complexity index is 418. The van der Waals surface area contributed by atoms with Crippen LogP contribution in [0.3, 0.4) is 0 Å². The average Bonchev–Trinajstić information content (AvgIpc) is 2.21. The molecule has 4 heteroatoms. The molecular formula is C11H13N3O. The van der Waals surface area contributed by atoms with Gasteiger partial charge in [0.25, 0.3) is 0 Å². The summed E-state index contributed by atoms with van der Waals surface area (Å²) < 4.78 is 0. The van der Waals surface area contributed by atoms with Crippen molar-refractivity contribution in [3.8, 4) is 6.07 Å². The van der Waals surface area contributed by atoms with E-state index >= 15 is 0 Å². The van der Waals surface area contributed by atoms with E-state index in [1.54, 1.807) is 32.3 Å². The molecule has 1 amide bonds. The lowest BCUT2D eigenvalue weighted by molar-refractivity contribution is -0.127. The molecule has 15 heavy (non-hydrogen) atoms. The number of rotatable bonds is 2. The molecule has 0 heterocycles. The number of hydrogen-bond acceptors (Lipinski definition) is 3. The lowest BCUT2D eigenvalue weighted by atomic mass is 10.1. The molecule has 0 atom stereocenters. The van der Waals surface area contributed by atoms with Crippen LogP contribution in [-0.4, -0.2) is 24.9 Å². The third kappa shape index (κ3) is 2.47. The highest BCUT2D eigenvalue weighted by Crippen LogP contribution is 2.17. The van der Waals surface area contributed by atoms with E-state index in [1.165, 1.54) is 4.90 Å². The van der Waals surface area contributed by atoms with Crippen molar-refractivity contribution in [3.63, 3.8) is 0 Å². The Balaban J connectivity index is 2.97. The molecule has 0 saturated carbocycles. The smallest absolute Gasteiger partial charge is 0.226 e. The number of nitrogens with two attached hydrogens (primary N) is 1. The molecule has 0 radical (unpaired) electrons. The van der Waals surface area contributed by atoms with E-state index in [1.807, 2.05) is 6.07 Å². The lowest BCUT2D eigenvalue weighted by Crippen LogP contribution is -2.24. The van der Waals surface area contributed by atoms with Crippen molar-refractivity contribution < 1.29 is 4.79 Å². The molecule has 0 unspecified atom stereocenters. The number of nitrogen functional groups attached to an aromatic ring is 1. The van der Waals surface area contributed by atoms with Crippen LogP contribution in [0.1, 0.15) is 11.1 Å². The molecule has 1 aromatic carbocycles. The number of amides is 1. The highest BCUT2D eigenvalue weighted by molar-refractivity contribution is 5.80. The summed E-state index contributed by atoms with van der Waals surface area (Å²) in [5.41, 5.74) is 7.26. The SMILES string of the molecule is CN(C)C(=O)Cc1cccc(C#N)c1N. The summed E-state index contributed by atoms with van der Waals surface area (Å²) in [6, 6.07) is 7.12. The Morgan fingerprint density at radius 1 is 1.53 bits per heavy atom. The molecule has 78 valence electrons. The fraction of sp³-hybridized carbons (Fsp3) is 0.273. The van der Waals surface area contributed by atoms with Gasteiger partial charge in [-0.05, 0) is 11.6 Å². The summed E-state index contributed by atoms with van der Waals surface area (Å²) in [6.07, 6.45) is 0.231. The van der Waals surface area contributed by atoms with Crippen LogP contribution in [0.5, 0.6) is 0 Å². The van der Waals surface area contributed by atoms with E-state index in [2.05, 4.69) is 0 Å². The molecule has 0 aliphatic carbocycles. The van der Waals surface area contributed by atoms with Crippen molar-refractivity contribution in [3.05, 3.63) is 29.3 Å². The first-order valence-electron chi connectivity index (χ1n) is 4.54. The Morgan fingerprint density at radius 3 is 2.73 bits per heavy atom. The van der Waals surface area contributed by atoms with Crippen LogP contribution in [0.4, 0.5) is 5.69 Å². The summed E-state index contributed by atoms with van der Waals surface area (Å²) in [5, 5.41) is 8.76. The van der Waals surface area contributed by atoms with Crippen LogP contribution in [0, 0.1) is 11.3 Å². The van der Waals surface area contributed by atoms with Gasteiger partial charge in [-0.25, -0.2) is 0 Å². The Morgan fingerprint density at radius 2 is 2.20 bits per heavy atom. The molecule has 0 aromatic heterocycles. The predicted octanol–water partition coefficient (Wildman–Crippen LogP) is 0.771. The molecule has 4 nitrogen and oxygen atoms in total. The highest BCUT2D eigenvalue weighted by Gasteiger charge is 2.10. The topological polar surface area (TPSA) is 70.1 Å². The zero-order valence-corrected chi connectivity index (χ0v) is 8.82. The monoisotopic (exact) mass is 203 g/mol. The largest absolute Gasteiger partial charge is 0.397 e. The van der Waals surface area contributed by atoms with E-state index in [0.717, 1.165) is 0 Å². The van der Waals surface area contributed by atoms with Crippen LogP contribution in [0.2, 0.25) is 0 Å². The number of anilines is 1. The van der Waals surface area contributed by atoms with E-state index in [9.17, 15) is 4.79 Å². The van der Waals surface area contributed by atoms with Crippen molar-refractivity contribution in [2.45, 2.75) is 6.42 Å². The Kier molecular flexibility index (Phi) is 3.29. The Hall–Kier alpha value is -2.02. The number of para-hydroxylation sites is 1. The first kappa shape index (κ1) is 11.1. The van der Waals surface area contributed by atoms with Crippen molar-refractivity contribution in [2.24, 2.45) is 0 Å². The van der Waals surface area contributed by atoms with Crippen LogP contribution in [-0.2, 0) is 11.2 Å². The summed E-state index contributed by atoms with van der Waals surface area (Å²) in [4.78, 5) is 13.0. The van der Waals surface area contributed by atoms with Gasteiger partial charge in [0.15, 0.2) is 0 Å². The fourth-order valence-electron chi connectivity index (χ4n) is 1.19. The van der Waals surface area contributed by atoms with E-state index in [0.29, 0.717) is 16.8 Å². The maximum absolute atomic E-state index is 11.5. The van der Waals surface area contributed by atoms with Gasteiger partial charge in [0, 0.05) is 14.1 Å². The van der Waals surface area contributed by atoms with Gasteiger partial charge in [0.2, 0.25) is 5.91 Å². The first-order valence-corrected chi connectivity index (χ1v) is 4.54. The zero-order valence-electron chi connectivity index (χ0n) is 8.82. The molecule has 0 aliphatic heterocycles. The highest BCUT2D eigenvalue weighted by atomic mass is 16.2. The minimum absolute atomic E-state index is 0.0308. The van der Waals surface area contributed by atoms with Gasteiger partial charge in [0.1, 0.15) is 6.07 Å². The van der Waals surface area contributed by atoms with Gasteiger partial charge in [-0.15, -0.1) is 0 Å². The van der Waals surface area contributed by atoms with Crippen LogP contribution >= 0.6 is 0 Å². The number of nitriles is 1. The quantitative estimate of drug-likeness (QED) is 0.722. The van der Waals surface area contributed by atoms with Crippen molar-refractivity contribution >= 4 is 11.6 Å². The Labute approximate surface area is 88.9 Å². The van der Waals surface area contributed by atoms with Crippen LogP contribution in [0.15, 0.2) is 18.2 Å². The number of benzene rings is 1. The summed E-state index contributed by atoms with van der Waals surface area (Å²) >= 11 is 0. The molecule has 2 N–H and O–H groups in total. The normalized spacial score (nSPS) is 9.40. The average molecular weight is 203 g/mol. The molecular weight excluding hydrogens is 190 g/mol. The second-order valence-electron chi connectivity index (χ2n) is 3.46. The fourth-order valence-corrected chi connectivity index (χ4v) is 1.19. The first-order chi connectivity index (χ1) is 7.06. The van der Waals surface area contributed by atoms with Gasteiger partial charge in [-0.2, -0.15) is 5.26 Å². The number of carbonyl (C=O) groups is 1. The molecule has 1 rings (SSSR count). The maximum atomic E-state index is 11.5.